The quantitative estimate of drug-likeness (QED) is 0.491. The average molecular weight is 240 g/mol. The van der Waals surface area contributed by atoms with Gasteiger partial charge < -0.3 is 4.90 Å². The second-order valence-electron chi connectivity index (χ2n) is 4.18. The van der Waals surface area contributed by atoms with Gasteiger partial charge >= 0.3 is 0 Å². The van der Waals surface area contributed by atoms with E-state index in [9.17, 15) is 0 Å². The first-order valence-electron chi connectivity index (χ1n) is 6.22. The van der Waals surface area contributed by atoms with Crippen molar-refractivity contribution in [2.24, 2.45) is 12.9 Å². The molecule has 6 nitrogen and oxygen atoms in total. The molecule has 1 rings (SSSR count). The summed E-state index contributed by atoms with van der Waals surface area (Å²) in [5.41, 5.74) is 2.86. The Morgan fingerprint density at radius 2 is 2.18 bits per heavy atom. The maximum Gasteiger partial charge on any atom is 0.138 e. The summed E-state index contributed by atoms with van der Waals surface area (Å²) in [6, 6.07) is 0.249. The van der Waals surface area contributed by atoms with Gasteiger partial charge in [-0.15, -0.1) is 0 Å². The number of hydrogen-bond donors (Lipinski definition) is 2. The van der Waals surface area contributed by atoms with Gasteiger partial charge in [-0.3, -0.25) is 16.0 Å². The van der Waals surface area contributed by atoms with Crippen molar-refractivity contribution in [1.82, 2.24) is 25.1 Å². The molecule has 1 unspecified atom stereocenters. The number of hydrogen-bond acceptors (Lipinski definition) is 5. The molecule has 0 bridgehead atoms. The van der Waals surface area contributed by atoms with Crippen molar-refractivity contribution < 1.29 is 0 Å². The van der Waals surface area contributed by atoms with Crippen LogP contribution in [0.15, 0.2) is 6.33 Å². The van der Waals surface area contributed by atoms with Crippen LogP contribution >= 0.6 is 0 Å². The van der Waals surface area contributed by atoms with E-state index in [1.807, 2.05) is 7.05 Å². The molecule has 1 atom stereocenters. The first-order chi connectivity index (χ1) is 8.21. The second-order valence-corrected chi connectivity index (χ2v) is 4.18. The van der Waals surface area contributed by atoms with E-state index in [2.05, 4.69) is 34.3 Å². The average Bonchev–Trinajstić information content (AvgIpc) is 2.74. The summed E-state index contributed by atoms with van der Waals surface area (Å²) in [5, 5.41) is 4.06. The fourth-order valence-corrected chi connectivity index (χ4v) is 1.85. The van der Waals surface area contributed by atoms with Crippen LogP contribution in [0.2, 0.25) is 0 Å². The molecule has 1 aromatic heterocycles. The first kappa shape index (κ1) is 14.1. The summed E-state index contributed by atoms with van der Waals surface area (Å²) >= 11 is 0. The number of hydrazine groups is 1. The van der Waals surface area contributed by atoms with Crippen LogP contribution in [-0.4, -0.2) is 45.3 Å². The summed E-state index contributed by atoms with van der Waals surface area (Å²) in [7, 11) is 1.90. The molecule has 0 aromatic carbocycles. The highest BCUT2D eigenvalue weighted by molar-refractivity contribution is 4.88. The lowest BCUT2D eigenvalue weighted by atomic mass is 10.1. The molecule has 0 aliphatic rings. The molecule has 0 fully saturated rings. The van der Waals surface area contributed by atoms with Crippen LogP contribution in [-0.2, 0) is 13.5 Å². The molecule has 0 saturated heterocycles. The van der Waals surface area contributed by atoms with Gasteiger partial charge in [0, 0.05) is 19.5 Å². The van der Waals surface area contributed by atoms with Gasteiger partial charge in [0.25, 0.3) is 0 Å². The minimum Gasteiger partial charge on any atom is -0.304 e. The van der Waals surface area contributed by atoms with E-state index in [-0.39, 0.29) is 6.04 Å². The SMILES string of the molecule is CCN(CC)CCC(Cc1ncnn1C)NN. The number of rotatable bonds is 8. The molecule has 17 heavy (non-hydrogen) atoms. The van der Waals surface area contributed by atoms with Crippen molar-refractivity contribution >= 4 is 0 Å². The van der Waals surface area contributed by atoms with Gasteiger partial charge in [0.05, 0.1) is 0 Å². The van der Waals surface area contributed by atoms with E-state index in [1.54, 1.807) is 11.0 Å². The standard InChI is InChI=1S/C11H24N6/c1-4-17(5-2)7-6-10(15-12)8-11-13-9-14-16(11)3/h9-10,15H,4-8,12H2,1-3H3. The van der Waals surface area contributed by atoms with Crippen molar-refractivity contribution in [2.45, 2.75) is 32.7 Å². The zero-order chi connectivity index (χ0) is 12.7. The predicted molar refractivity (Wildman–Crippen MR) is 68.2 cm³/mol. The molecule has 0 amide bonds. The third-order valence-corrected chi connectivity index (χ3v) is 3.16. The maximum absolute atomic E-state index is 5.58. The number of nitrogens with one attached hydrogen (secondary N) is 1. The zero-order valence-electron chi connectivity index (χ0n) is 11.1. The van der Waals surface area contributed by atoms with Gasteiger partial charge in [-0.2, -0.15) is 5.10 Å². The van der Waals surface area contributed by atoms with Crippen LogP contribution in [0.25, 0.3) is 0 Å². The molecule has 98 valence electrons. The molecule has 3 N–H and O–H groups in total. The molecular formula is C11H24N6. The minimum atomic E-state index is 0.249. The fourth-order valence-electron chi connectivity index (χ4n) is 1.85. The van der Waals surface area contributed by atoms with Gasteiger partial charge in [-0.25, -0.2) is 4.98 Å². The van der Waals surface area contributed by atoms with Crippen LogP contribution in [0.3, 0.4) is 0 Å². The van der Waals surface area contributed by atoms with Gasteiger partial charge in [-0.05, 0) is 26.1 Å². The molecular weight excluding hydrogens is 216 g/mol. The van der Waals surface area contributed by atoms with E-state index in [4.69, 9.17) is 5.84 Å². The van der Waals surface area contributed by atoms with Crippen LogP contribution in [0.4, 0.5) is 0 Å². The van der Waals surface area contributed by atoms with Crippen LogP contribution in [0.5, 0.6) is 0 Å². The van der Waals surface area contributed by atoms with E-state index in [0.717, 1.165) is 38.3 Å². The highest BCUT2D eigenvalue weighted by Gasteiger charge is 2.12. The third kappa shape index (κ3) is 4.41. The summed E-state index contributed by atoms with van der Waals surface area (Å²) in [4.78, 5) is 6.60. The Hall–Kier alpha value is -0.980. The highest BCUT2D eigenvalue weighted by Crippen LogP contribution is 2.02. The van der Waals surface area contributed by atoms with E-state index >= 15 is 0 Å². The lowest BCUT2D eigenvalue weighted by Crippen LogP contribution is -2.40. The van der Waals surface area contributed by atoms with Crippen molar-refractivity contribution in [3.8, 4) is 0 Å². The van der Waals surface area contributed by atoms with Gasteiger partial charge in [-0.1, -0.05) is 13.8 Å². The summed E-state index contributed by atoms with van der Waals surface area (Å²) in [6.45, 7) is 7.57. The second kappa shape index (κ2) is 7.37. The Balaban J connectivity index is 2.41. The Kier molecular flexibility index (Phi) is 6.10. The van der Waals surface area contributed by atoms with E-state index in [0.29, 0.717) is 0 Å². The molecule has 0 saturated carbocycles. The monoisotopic (exact) mass is 240 g/mol. The minimum absolute atomic E-state index is 0.249. The highest BCUT2D eigenvalue weighted by atomic mass is 15.3. The number of nitrogens with two attached hydrogens (primary N) is 1. The van der Waals surface area contributed by atoms with Gasteiger partial charge in [0.15, 0.2) is 0 Å². The van der Waals surface area contributed by atoms with Crippen LogP contribution in [0.1, 0.15) is 26.1 Å². The van der Waals surface area contributed by atoms with Gasteiger partial charge in [0.1, 0.15) is 12.2 Å². The van der Waals surface area contributed by atoms with E-state index in [1.165, 1.54) is 0 Å². The smallest absolute Gasteiger partial charge is 0.138 e. The molecule has 0 radical (unpaired) electrons. The third-order valence-electron chi connectivity index (χ3n) is 3.16. The predicted octanol–water partition coefficient (Wildman–Crippen LogP) is -0.0786. The normalized spacial score (nSPS) is 13.2. The molecule has 0 aliphatic heterocycles. The molecule has 1 heterocycles. The fraction of sp³-hybridized carbons (Fsp3) is 0.818. The number of aryl methyl sites for hydroxylation is 1. The van der Waals surface area contributed by atoms with Crippen LogP contribution < -0.4 is 11.3 Å². The Bertz CT molecular complexity index is 307. The van der Waals surface area contributed by atoms with Crippen molar-refractivity contribution in [3.63, 3.8) is 0 Å². The molecule has 1 aromatic rings. The lowest BCUT2D eigenvalue weighted by molar-refractivity contribution is 0.279. The van der Waals surface area contributed by atoms with Crippen molar-refractivity contribution in [3.05, 3.63) is 12.2 Å². The number of aromatic nitrogens is 3. The van der Waals surface area contributed by atoms with Gasteiger partial charge in [0.2, 0.25) is 0 Å². The largest absolute Gasteiger partial charge is 0.304 e. The zero-order valence-corrected chi connectivity index (χ0v) is 11.1. The summed E-state index contributed by atoms with van der Waals surface area (Å²) in [6.07, 6.45) is 3.41. The van der Waals surface area contributed by atoms with Crippen molar-refractivity contribution in [2.75, 3.05) is 19.6 Å². The topological polar surface area (TPSA) is 72.0 Å². The number of nitrogens with zero attached hydrogens (tertiary/aromatic N) is 4. The lowest BCUT2D eigenvalue weighted by Gasteiger charge is -2.22. The van der Waals surface area contributed by atoms with Crippen LogP contribution in [0, 0.1) is 0 Å². The molecule has 6 heteroatoms. The Morgan fingerprint density at radius 1 is 1.47 bits per heavy atom. The first-order valence-corrected chi connectivity index (χ1v) is 6.22. The van der Waals surface area contributed by atoms with E-state index < -0.39 is 0 Å². The van der Waals surface area contributed by atoms with Crippen molar-refractivity contribution in [1.29, 1.82) is 0 Å². The summed E-state index contributed by atoms with van der Waals surface area (Å²) in [5.74, 6) is 6.55. The Labute approximate surface area is 103 Å². The maximum atomic E-state index is 5.58. The Morgan fingerprint density at radius 3 is 2.65 bits per heavy atom. The molecule has 0 aliphatic carbocycles. The summed E-state index contributed by atoms with van der Waals surface area (Å²) < 4.78 is 1.79. The molecule has 0 spiro atoms.